The summed E-state index contributed by atoms with van der Waals surface area (Å²) in [6.07, 6.45) is 3.45. The van der Waals surface area contributed by atoms with Crippen molar-refractivity contribution >= 4 is 44.7 Å². The highest BCUT2D eigenvalue weighted by Gasteiger charge is 2.32. The maximum atomic E-state index is 14.0. The van der Waals surface area contributed by atoms with Gasteiger partial charge in [-0.1, -0.05) is 63.7 Å². The Morgan fingerprint density at radius 2 is 1.86 bits per heavy atom. The fraction of sp³-hybridized carbons (Fsp3) is 0.152. The zero-order valence-electron chi connectivity index (χ0n) is 22.8. The Labute approximate surface area is 253 Å². The summed E-state index contributed by atoms with van der Waals surface area (Å²) >= 11 is 4.88. The lowest BCUT2D eigenvalue weighted by Crippen LogP contribution is -2.38. The third kappa shape index (κ3) is 4.40. The number of hydrogen-bond acceptors (Lipinski definition) is 6. The summed E-state index contributed by atoms with van der Waals surface area (Å²) in [6, 6.07) is 23.2. The van der Waals surface area contributed by atoms with Crippen LogP contribution in [0, 0.1) is 24.0 Å². The molecule has 9 heteroatoms. The van der Waals surface area contributed by atoms with Crippen LogP contribution in [0.4, 0.5) is 5.69 Å². The summed E-state index contributed by atoms with van der Waals surface area (Å²) in [7, 11) is 0. The van der Waals surface area contributed by atoms with E-state index in [1.165, 1.54) is 23.0 Å². The minimum atomic E-state index is -0.379. The topological polar surface area (TPSA) is 90.6 Å². The van der Waals surface area contributed by atoms with Crippen LogP contribution in [0.2, 0.25) is 0 Å². The van der Waals surface area contributed by atoms with Crippen LogP contribution in [-0.2, 0) is 6.42 Å². The van der Waals surface area contributed by atoms with E-state index in [1.54, 1.807) is 25.1 Å². The van der Waals surface area contributed by atoms with Gasteiger partial charge in [-0.2, -0.15) is 0 Å². The first-order valence-corrected chi connectivity index (χ1v) is 15.1. The summed E-state index contributed by atoms with van der Waals surface area (Å²) in [4.78, 5) is 30.9. The molecule has 3 heterocycles. The first-order valence-electron chi connectivity index (χ1n) is 13.5. The molecule has 0 radical (unpaired) electrons. The van der Waals surface area contributed by atoms with Crippen LogP contribution in [0.15, 0.2) is 97.0 Å². The Morgan fingerprint density at radius 3 is 2.64 bits per heavy atom. The van der Waals surface area contributed by atoms with Gasteiger partial charge in [-0.05, 0) is 79.3 Å². The number of benzene rings is 3. The Morgan fingerprint density at radius 1 is 1.07 bits per heavy atom. The number of furan rings is 1. The van der Waals surface area contributed by atoms with Gasteiger partial charge in [0.15, 0.2) is 4.80 Å². The molecular weight excluding hydrogens is 614 g/mol. The molecule has 1 aliphatic heterocycles. The number of rotatable bonds is 4. The number of nitro benzene ring substituents is 1. The Bertz CT molecular complexity index is 2140. The highest BCUT2D eigenvalue weighted by atomic mass is 79.9. The molecule has 42 heavy (non-hydrogen) atoms. The molecular formula is C33H24BrN3O4S. The summed E-state index contributed by atoms with van der Waals surface area (Å²) in [5, 5.41) is 11.6. The summed E-state index contributed by atoms with van der Waals surface area (Å²) < 4.78 is 9.39. The summed E-state index contributed by atoms with van der Waals surface area (Å²) in [6.45, 7) is 3.58. The van der Waals surface area contributed by atoms with Crippen LogP contribution in [0.25, 0.3) is 23.1 Å². The minimum absolute atomic E-state index is 0.0507. The predicted octanol–water partition coefficient (Wildman–Crippen LogP) is 6.87. The van der Waals surface area contributed by atoms with Crippen molar-refractivity contribution in [3.05, 3.63) is 146 Å². The molecule has 0 N–H and O–H groups in total. The highest BCUT2D eigenvalue weighted by Crippen LogP contribution is 2.41. The van der Waals surface area contributed by atoms with Gasteiger partial charge >= 0.3 is 0 Å². The van der Waals surface area contributed by atoms with Crippen molar-refractivity contribution in [1.82, 2.24) is 4.57 Å². The monoisotopic (exact) mass is 637 g/mol. The third-order valence-corrected chi connectivity index (χ3v) is 9.59. The molecule has 0 amide bonds. The van der Waals surface area contributed by atoms with E-state index < -0.39 is 0 Å². The molecule has 3 aromatic carbocycles. The molecule has 7 nitrogen and oxygen atoms in total. The molecule has 0 fully saturated rings. The predicted molar refractivity (Wildman–Crippen MR) is 167 cm³/mol. The van der Waals surface area contributed by atoms with Crippen molar-refractivity contribution in [2.24, 2.45) is 4.99 Å². The number of nitro groups is 1. The summed E-state index contributed by atoms with van der Waals surface area (Å²) in [5.41, 5.74) is 7.50. The van der Waals surface area contributed by atoms with Gasteiger partial charge in [0.05, 0.1) is 21.2 Å². The van der Waals surface area contributed by atoms with E-state index >= 15 is 0 Å². The van der Waals surface area contributed by atoms with E-state index in [4.69, 9.17) is 9.41 Å². The van der Waals surface area contributed by atoms with Gasteiger partial charge in [-0.25, -0.2) is 4.99 Å². The van der Waals surface area contributed by atoms with Crippen molar-refractivity contribution in [3.63, 3.8) is 0 Å². The largest absolute Gasteiger partial charge is 0.457 e. The molecule has 2 aromatic heterocycles. The smallest absolute Gasteiger partial charge is 0.273 e. The molecule has 1 atom stereocenters. The number of aryl methyl sites for hydroxylation is 2. The van der Waals surface area contributed by atoms with E-state index in [2.05, 4.69) is 46.3 Å². The maximum absolute atomic E-state index is 14.0. The van der Waals surface area contributed by atoms with Gasteiger partial charge in [0, 0.05) is 33.3 Å². The molecule has 0 unspecified atom stereocenters. The zero-order chi connectivity index (χ0) is 29.1. The molecule has 0 saturated heterocycles. The van der Waals surface area contributed by atoms with Crippen LogP contribution in [0.5, 0.6) is 0 Å². The third-order valence-electron chi connectivity index (χ3n) is 8.08. The minimum Gasteiger partial charge on any atom is -0.457 e. The lowest BCUT2D eigenvalue weighted by molar-refractivity contribution is -0.385. The van der Waals surface area contributed by atoms with E-state index in [0.717, 1.165) is 45.3 Å². The quantitative estimate of drug-likeness (QED) is 0.159. The van der Waals surface area contributed by atoms with Gasteiger partial charge < -0.3 is 4.42 Å². The summed E-state index contributed by atoms with van der Waals surface area (Å²) in [5.74, 6) is 0.991. The molecule has 208 valence electrons. The van der Waals surface area contributed by atoms with Gasteiger partial charge in [-0.15, -0.1) is 0 Å². The number of aromatic nitrogens is 1. The van der Waals surface area contributed by atoms with E-state index in [0.29, 0.717) is 32.0 Å². The number of nitrogens with zero attached hydrogens (tertiary/aromatic N) is 3. The number of allylic oxidation sites excluding steroid dienone is 1. The van der Waals surface area contributed by atoms with E-state index in [9.17, 15) is 14.9 Å². The molecule has 0 spiro atoms. The highest BCUT2D eigenvalue weighted by molar-refractivity contribution is 9.10. The van der Waals surface area contributed by atoms with Crippen LogP contribution >= 0.6 is 27.3 Å². The molecule has 7 rings (SSSR count). The molecule has 0 bridgehead atoms. The number of hydrogen-bond donors (Lipinski definition) is 0. The van der Waals surface area contributed by atoms with Crippen LogP contribution in [0.3, 0.4) is 0 Å². The Balaban J connectivity index is 1.37. The first-order chi connectivity index (χ1) is 20.3. The second-order valence-corrected chi connectivity index (χ2v) is 12.5. The maximum Gasteiger partial charge on any atom is 0.273 e. The van der Waals surface area contributed by atoms with Crippen LogP contribution < -0.4 is 14.9 Å². The van der Waals surface area contributed by atoms with Gasteiger partial charge in [0.2, 0.25) is 0 Å². The fourth-order valence-corrected chi connectivity index (χ4v) is 7.10. The Hall–Kier alpha value is -4.34. The van der Waals surface area contributed by atoms with Crippen molar-refractivity contribution in [3.8, 4) is 11.3 Å². The normalized spacial score (nSPS) is 16.1. The average molecular weight is 639 g/mol. The van der Waals surface area contributed by atoms with Gasteiger partial charge in [0.25, 0.3) is 11.2 Å². The molecule has 0 saturated carbocycles. The second-order valence-electron chi connectivity index (χ2n) is 10.6. The zero-order valence-corrected chi connectivity index (χ0v) is 25.2. The lowest BCUT2D eigenvalue weighted by Gasteiger charge is -2.30. The van der Waals surface area contributed by atoms with Crippen molar-refractivity contribution < 1.29 is 9.34 Å². The Kier molecular flexibility index (Phi) is 6.44. The molecule has 5 aromatic rings. The molecule has 1 aliphatic carbocycles. The number of thiazole rings is 1. The second kappa shape index (κ2) is 10.2. The number of fused-ring (bicyclic) bond motifs is 3. The fourth-order valence-electron chi connectivity index (χ4n) is 5.85. The van der Waals surface area contributed by atoms with Crippen molar-refractivity contribution in [2.75, 3.05) is 0 Å². The van der Waals surface area contributed by atoms with Crippen LogP contribution in [0.1, 0.15) is 46.0 Å². The SMILES string of the molecule is Cc1cc(-c2ccc(/C=c3\sc4n(c3=O)[C@H](c3ccc(Br)cc3)C3=C(N=4)c4ccccc4CC3)o2)cc([N+](=O)[O-])c1C. The van der Waals surface area contributed by atoms with Crippen molar-refractivity contribution in [2.45, 2.75) is 32.7 Å². The van der Waals surface area contributed by atoms with Crippen molar-refractivity contribution in [1.29, 1.82) is 0 Å². The lowest BCUT2D eigenvalue weighted by atomic mass is 9.83. The van der Waals surface area contributed by atoms with Gasteiger partial charge in [0.1, 0.15) is 11.5 Å². The van der Waals surface area contributed by atoms with Gasteiger partial charge in [-0.3, -0.25) is 19.5 Å². The van der Waals surface area contributed by atoms with Crippen LogP contribution in [-0.4, -0.2) is 9.49 Å². The van der Waals surface area contributed by atoms with E-state index in [-0.39, 0.29) is 22.2 Å². The molecule has 2 aliphatic rings. The van der Waals surface area contributed by atoms with E-state index in [1.807, 2.05) is 35.8 Å². The number of halogens is 1. The standard InChI is InChI=1S/C33H24BrN3O4S/c1-18-15-22(16-27(19(18)2)37(39)40)28-14-12-24(41-28)17-29-32(38)36-31(21-7-10-23(34)11-8-21)26-13-9-20-5-3-4-6-25(20)30(26)35-33(36)42-29/h3-8,10-12,14-17,31H,9,13H2,1-2H3/b29-17-/t31-/m1/s1. The average Bonchev–Trinajstić information content (AvgIpc) is 3.58. The first kappa shape index (κ1) is 26.6.